The number of imidazole rings is 1. The lowest BCUT2D eigenvalue weighted by atomic mass is 10.0. The minimum absolute atomic E-state index is 0.0851. The molecule has 1 unspecified atom stereocenters. The van der Waals surface area contributed by atoms with Gasteiger partial charge in [0.05, 0.1) is 19.5 Å². The molecule has 1 aromatic rings. The van der Waals surface area contributed by atoms with E-state index in [1.807, 2.05) is 0 Å². The van der Waals surface area contributed by atoms with E-state index in [-0.39, 0.29) is 10.3 Å². The lowest BCUT2D eigenvalue weighted by Gasteiger charge is -2.53. The first kappa shape index (κ1) is 17.2. The van der Waals surface area contributed by atoms with Crippen LogP contribution < -0.4 is 5.32 Å². The van der Waals surface area contributed by atoms with E-state index in [1.165, 1.54) is 6.42 Å². The number of ether oxygens (including phenoxy) is 1. The molecule has 2 heterocycles. The number of rotatable bonds is 5. The zero-order valence-corrected chi connectivity index (χ0v) is 15.4. The highest BCUT2D eigenvalue weighted by Crippen LogP contribution is 2.49. The second-order valence-electron chi connectivity index (χ2n) is 7.84. The maximum atomic E-state index is 10.4. The fourth-order valence-electron chi connectivity index (χ4n) is 3.26. The predicted molar refractivity (Wildman–Crippen MR) is 91.3 cm³/mol. The number of anilines is 1. The molecule has 1 amide bonds. The van der Waals surface area contributed by atoms with Crippen molar-refractivity contribution < 1.29 is 9.53 Å². The van der Waals surface area contributed by atoms with Crippen molar-refractivity contribution in [3.63, 3.8) is 0 Å². The zero-order chi connectivity index (χ0) is 16.4. The number of aromatic nitrogens is 2. The van der Waals surface area contributed by atoms with Crippen molar-refractivity contribution in [1.29, 1.82) is 0 Å². The number of carbonyl (C=O) groups excluding carboxylic acids is 1. The normalized spacial score (nSPS) is 23.3. The Morgan fingerprint density at radius 2 is 2.18 bits per heavy atom. The highest BCUT2D eigenvalue weighted by molar-refractivity contribution is 6.82. The van der Waals surface area contributed by atoms with Gasteiger partial charge in [-0.2, -0.15) is 0 Å². The summed E-state index contributed by atoms with van der Waals surface area (Å²) in [6.45, 7) is 12.7. The zero-order valence-electron chi connectivity index (χ0n) is 14.4. The number of nitrogens with zero attached hydrogens (tertiary/aromatic N) is 1. The van der Waals surface area contributed by atoms with Gasteiger partial charge in [-0.25, -0.2) is 4.98 Å². The molecule has 0 spiro atoms. The Morgan fingerprint density at radius 1 is 1.45 bits per heavy atom. The van der Waals surface area contributed by atoms with E-state index in [4.69, 9.17) is 4.74 Å². The van der Waals surface area contributed by atoms with Crippen LogP contribution in [0.5, 0.6) is 0 Å². The smallest absolute Gasteiger partial charge is 0.316 e. The predicted octanol–water partition coefficient (Wildman–Crippen LogP) is 3.42. The van der Waals surface area contributed by atoms with Crippen molar-refractivity contribution in [3.8, 4) is 0 Å². The molecule has 1 aliphatic rings. The van der Waals surface area contributed by atoms with Crippen molar-refractivity contribution in [2.24, 2.45) is 0 Å². The molecule has 1 atom stereocenters. The van der Waals surface area contributed by atoms with Gasteiger partial charge < -0.3 is 9.72 Å². The standard InChI is InChI=1S/C16H28N3O2Si/c1-15(2,3)22(4,5)16(8-6-7-9-21-16)10-13-11-17-14(19-13)18-12-20/h11H,6-10H2,1-5H3,(H2,17,18,19,20). The Kier molecular flexibility index (Phi) is 4.82. The summed E-state index contributed by atoms with van der Waals surface area (Å²) < 4.78 is 6.45. The first-order valence-electron chi connectivity index (χ1n) is 8.03. The average molecular weight is 323 g/mol. The van der Waals surface area contributed by atoms with Crippen molar-refractivity contribution in [2.75, 3.05) is 11.9 Å². The van der Waals surface area contributed by atoms with Gasteiger partial charge in [0, 0.05) is 18.7 Å². The van der Waals surface area contributed by atoms with Crippen LogP contribution in [0.2, 0.25) is 18.1 Å². The number of aromatic amines is 1. The summed E-state index contributed by atoms with van der Waals surface area (Å²) in [5.41, 5.74) is 1.02. The summed E-state index contributed by atoms with van der Waals surface area (Å²) in [5, 5.41) is 2.61. The molecule has 1 radical (unpaired) electrons. The van der Waals surface area contributed by atoms with Crippen LogP contribution in [-0.2, 0) is 16.0 Å². The van der Waals surface area contributed by atoms with E-state index >= 15 is 0 Å². The second-order valence-corrected chi connectivity index (χ2v) is 13.5. The molecule has 2 N–H and O–H groups in total. The van der Waals surface area contributed by atoms with Gasteiger partial charge in [-0.1, -0.05) is 33.9 Å². The van der Waals surface area contributed by atoms with Gasteiger partial charge in [-0.3, -0.25) is 10.1 Å². The van der Waals surface area contributed by atoms with Crippen LogP contribution >= 0.6 is 0 Å². The molecule has 1 aliphatic heterocycles. The summed E-state index contributed by atoms with van der Waals surface area (Å²) in [6, 6.07) is 0. The number of H-pyrrole nitrogens is 1. The van der Waals surface area contributed by atoms with Crippen molar-refractivity contribution >= 4 is 20.4 Å². The van der Waals surface area contributed by atoms with Crippen LogP contribution in [0.15, 0.2) is 6.20 Å². The van der Waals surface area contributed by atoms with Gasteiger partial charge >= 0.3 is 6.41 Å². The third-order valence-corrected chi connectivity index (χ3v) is 12.2. The van der Waals surface area contributed by atoms with Crippen LogP contribution in [0.1, 0.15) is 45.7 Å². The molecule has 2 rings (SSSR count). The van der Waals surface area contributed by atoms with Gasteiger partial charge in [-0.05, 0) is 24.3 Å². The Morgan fingerprint density at radius 3 is 2.73 bits per heavy atom. The maximum absolute atomic E-state index is 10.4. The van der Waals surface area contributed by atoms with Crippen molar-refractivity contribution in [3.05, 3.63) is 11.9 Å². The Labute approximate surface area is 134 Å². The summed E-state index contributed by atoms with van der Waals surface area (Å²) in [6.07, 6.45) is 7.74. The van der Waals surface area contributed by atoms with E-state index in [1.54, 1.807) is 12.6 Å². The van der Waals surface area contributed by atoms with Crippen LogP contribution in [0.4, 0.5) is 5.95 Å². The Hall–Kier alpha value is -1.14. The molecule has 0 bridgehead atoms. The molecular weight excluding hydrogens is 294 g/mol. The highest BCUT2D eigenvalue weighted by atomic mass is 28.3. The first-order chi connectivity index (χ1) is 10.2. The largest absolute Gasteiger partial charge is 0.378 e. The third-order valence-electron chi connectivity index (χ3n) is 5.64. The molecule has 22 heavy (non-hydrogen) atoms. The lowest BCUT2D eigenvalue weighted by Crippen LogP contribution is -2.63. The highest BCUT2D eigenvalue weighted by Gasteiger charge is 2.54. The number of nitrogens with one attached hydrogen (secondary N) is 2. The maximum Gasteiger partial charge on any atom is 0.316 e. The van der Waals surface area contributed by atoms with Crippen LogP contribution in [0.3, 0.4) is 0 Å². The molecule has 0 aliphatic carbocycles. The average Bonchev–Trinajstić information content (AvgIpc) is 2.86. The summed E-state index contributed by atoms with van der Waals surface area (Å²) in [4.78, 5) is 17.8. The Bertz CT molecular complexity index is 514. The molecule has 6 heteroatoms. The fraction of sp³-hybridized carbons (Fsp3) is 0.750. The quantitative estimate of drug-likeness (QED) is 0.645. The summed E-state index contributed by atoms with van der Waals surface area (Å²) in [7, 11) is -1.71. The second kappa shape index (κ2) is 6.16. The topological polar surface area (TPSA) is 67.0 Å². The van der Waals surface area contributed by atoms with Crippen molar-refractivity contribution in [1.82, 2.24) is 9.97 Å². The molecule has 5 nitrogen and oxygen atoms in total. The molecule has 0 aromatic carbocycles. The van der Waals surface area contributed by atoms with Gasteiger partial charge in [0.25, 0.3) is 0 Å². The van der Waals surface area contributed by atoms with Crippen molar-refractivity contribution in [2.45, 2.75) is 69.8 Å². The van der Waals surface area contributed by atoms with E-state index in [0.717, 1.165) is 31.6 Å². The minimum atomic E-state index is -1.71. The molecule has 1 aromatic heterocycles. The van der Waals surface area contributed by atoms with E-state index in [2.05, 4.69) is 49.1 Å². The number of hydrogen-bond donors (Lipinski definition) is 2. The van der Waals surface area contributed by atoms with Gasteiger partial charge in [-0.15, -0.1) is 0 Å². The molecule has 123 valence electrons. The SMILES string of the molecule is CC(C)(C)[Si](C)(C)C1(Cc2cnc(N[C]=O)[nH]2)CCCCO1. The van der Waals surface area contributed by atoms with Gasteiger partial charge in [0.1, 0.15) is 0 Å². The number of hydrogen-bond acceptors (Lipinski definition) is 3. The van der Waals surface area contributed by atoms with Gasteiger partial charge in [0.2, 0.25) is 5.95 Å². The van der Waals surface area contributed by atoms with Gasteiger partial charge in [0.15, 0.2) is 0 Å². The fourth-order valence-corrected chi connectivity index (χ4v) is 6.52. The molecule has 1 fully saturated rings. The molecule has 0 saturated carbocycles. The number of amides is 1. The van der Waals surface area contributed by atoms with E-state index < -0.39 is 8.07 Å². The van der Waals surface area contributed by atoms with E-state index in [9.17, 15) is 4.79 Å². The van der Waals surface area contributed by atoms with Crippen LogP contribution in [0, 0.1) is 0 Å². The lowest BCUT2D eigenvalue weighted by molar-refractivity contribution is -0.0286. The van der Waals surface area contributed by atoms with E-state index in [0.29, 0.717) is 5.95 Å². The van der Waals surface area contributed by atoms with Crippen LogP contribution in [0.25, 0.3) is 0 Å². The minimum Gasteiger partial charge on any atom is -0.378 e. The molecular formula is C16H28N3O2Si. The van der Waals surface area contributed by atoms with Crippen LogP contribution in [-0.4, -0.2) is 36.3 Å². The third kappa shape index (κ3) is 3.13. The first-order valence-corrected chi connectivity index (χ1v) is 11.0. The summed E-state index contributed by atoms with van der Waals surface area (Å²) >= 11 is 0. The Balaban J connectivity index is 2.31. The monoisotopic (exact) mass is 322 g/mol. The molecule has 1 saturated heterocycles. The summed E-state index contributed by atoms with van der Waals surface area (Å²) in [5.74, 6) is 0.450.